The van der Waals surface area contributed by atoms with Crippen LogP contribution >= 0.6 is 11.6 Å². The smallest absolute Gasteiger partial charge is 0.270 e. The molecule has 1 aliphatic rings. The van der Waals surface area contributed by atoms with E-state index in [1.807, 2.05) is 20.8 Å². The molecule has 1 aromatic rings. The van der Waals surface area contributed by atoms with Crippen molar-refractivity contribution in [2.45, 2.75) is 51.8 Å². The van der Waals surface area contributed by atoms with Crippen LogP contribution in [0.2, 0.25) is 5.02 Å². The molecular formula is C18H24ClN3O5. The van der Waals surface area contributed by atoms with Crippen LogP contribution in [0, 0.1) is 16.0 Å². The Balaban J connectivity index is 2.07. The van der Waals surface area contributed by atoms with Gasteiger partial charge >= 0.3 is 0 Å². The number of hydrogen-bond donors (Lipinski definition) is 2. The standard InChI is InChI=1S/C18H24ClN3O5/c1-10(2)16(18(24)20-11(3)15-5-4-8-27-15)21-17(23)13-7-6-12(22(25)26)9-14(13)19/h6-7,9-11,15-16H,4-5,8H2,1-3H3,(H,20,24)(H,21,23)/t11-,15+,16-/m0/s1. The Kier molecular flexibility index (Phi) is 7.15. The molecule has 0 radical (unpaired) electrons. The maximum absolute atomic E-state index is 12.6. The summed E-state index contributed by atoms with van der Waals surface area (Å²) < 4.78 is 5.58. The number of nitro groups is 1. The monoisotopic (exact) mass is 397 g/mol. The molecule has 0 unspecified atom stereocenters. The molecule has 0 bridgehead atoms. The average Bonchev–Trinajstić information content (AvgIpc) is 3.13. The fraction of sp³-hybridized carbons (Fsp3) is 0.556. The van der Waals surface area contributed by atoms with Gasteiger partial charge in [0.1, 0.15) is 6.04 Å². The first-order chi connectivity index (χ1) is 12.7. The van der Waals surface area contributed by atoms with Gasteiger partial charge in [0, 0.05) is 18.7 Å². The highest BCUT2D eigenvalue weighted by atomic mass is 35.5. The van der Waals surface area contributed by atoms with Gasteiger partial charge in [-0.25, -0.2) is 0 Å². The van der Waals surface area contributed by atoms with Gasteiger partial charge in [-0.1, -0.05) is 25.4 Å². The molecule has 0 spiro atoms. The van der Waals surface area contributed by atoms with Gasteiger partial charge < -0.3 is 15.4 Å². The highest BCUT2D eigenvalue weighted by molar-refractivity contribution is 6.34. The second-order valence-electron chi connectivity index (χ2n) is 6.97. The SMILES string of the molecule is CC(C)[C@H](NC(=O)c1ccc([N+](=O)[O-])cc1Cl)C(=O)N[C@@H](C)[C@H]1CCCO1. The Bertz CT molecular complexity index is 719. The summed E-state index contributed by atoms with van der Waals surface area (Å²) in [4.78, 5) is 35.4. The predicted octanol–water partition coefficient (Wildman–Crippen LogP) is 2.69. The summed E-state index contributed by atoms with van der Waals surface area (Å²) in [5, 5.41) is 16.3. The molecule has 0 aliphatic carbocycles. The number of nitrogens with one attached hydrogen (secondary N) is 2. The van der Waals surface area contributed by atoms with E-state index in [0.717, 1.165) is 18.9 Å². The number of nitro benzene ring substituents is 1. The van der Waals surface area contributed by atoms with Crippen molar-refractivity contribution in [1.29, 1.82) is 0 Å². The van der Waals surface area contributed by atoms with E-state index in [1.54, 1.807) is 0 Å². The molecule has 2 N–H and O–H groups in total. The van der Waals surface area contributed by atoms with Crippen LogP contribution in [0.1, 0.15) is 44.0 Å². The fourth-order valence-corrected chi connectivity index (χ4v) is 3.22. The van der Waals surface area contributed by atoms with Crippen molar-refractivity contribution < 1.29 is 19.2 Å². The van der Waals surface area contributed by atoms with Crippen LogP contribution in [0.5, 0.6) is 0 Å². The molecule has 1 heterocycles. The first-order valence-corrected chi connectivity index (χ1v) is 9.25. The van der Waals surface area contributed by atoms with Gasteiger partial charge in [-0.05, 0) is 31.7 Å². The summed E-state index contributed by atoms with van der Waals surface area (Å²) in [7, 11) is 0. The molecule has 148 valence electrons. The minimum absolute atomic E-state index is 0.0263. The number of nitrogens with zero attached hydrogens (tertiary/aromatic N) is 1. The van der Waals surface area contributed by atoms with E-state index in [1.165, 1.54) is 12.1 Å². The highest BCUT2D eigenvalue weighted by Gasteiger charge is 2.30. The number of halogens is 1. The molecule has 1 aliphatic heterocycles. The lowest BCUT2D eigenvalue weighted by molar-refractivity contribution is -0.384. The first-order valence-electron chi connectivity index (χ1n) is 8.87. The molecular weight excluding hydrogens is 374 g/mol. The predicted molar refractivity (Wildman–Crippen MR) is 101 cm³/mol. The zero-order valence-corrected chi connectivity index (χ0v) is 16.3. The first kappa shape index (κ1) is 21.1. The Hall–Kier alpha value is -2.19. The van der Waals surface area contributed by atoms with Crippen LogP contribution in [-0.4, -0.2) is 41.5 Å². The molecule has 0 aromatic heterocycles. The number of ether oxygens (including phenoxy) is 1. The van der Waals surface area contributed by atoms with Gasteiger partial charge in [-0.15, -0.1) is 0 Å². The minimum atomic E-state index is -0.771. The third kappa shape index (κ3) is 5.40. The lowest BCUT2D eigenvalue weighted by Gasteiger charge is -2.26. The van der Waals surface area contributed by atoms with Gasteiger partial charge in [0.25, 0.3) is 11.6 Å². The summed E-state index contributed by atoms with van der Waals surface area (Å²) in [5.41, 5.74) is -0.131. The number of rotatable bonds is 7. The van der Waals surface area contributed by atoms with Crippen LogP contribution in [0.4, 0.5) is 5.69 Å². The van der Waals surface area contributed by atoms with E-state index < -0.39 is 16.9 Å². The average molecular weight is 398 g/mol. The molecule has 8 nitrogen and oxygen atoms in total. The molecule has 2 rings (SSSR count). The van der Waals surface area contributed by atoms with Gasteiger partial charge in [0.2, 0.25) is 5.91 Å². The lowest BCUT2D eigenvalue weighted by Crippen LogP contribution is -2.53. The van der Waals surface area contributed by atoms with Gasteiger partial charge in [-0.3, -0.25) is 19.7 Å². The third-order valence-electron chi connectivity index (χ3n) is 4.54. The summed E-state index contributed by atoms with van der Waals surface area (Å²) in [5.74, 6) is -1.03. The minimum Gasteiger partial charge on any atom is -0.376 e. The Labute approximate surface area is 162 Å². The molecule has 1 saturated heterocycles. The van der Waals surface area contributed by atoms with Gasteiger partial charge in [-0.2, -0.15) is 0 Å². The summed E-state index contributed by atoms with van der Waals surface area (Å²) in [6, 6.07) is 2.65. The Morgan fingerprint density at radius 2 is 2.00 bits per heavy atom. The normalized spacial score (nSPS) is 18.8. The third-order valence-corrected chi connectivity index (χ3v) is 4.85. The quantitative estimate of drug-likeness (QED) is 0.542. The molecule has 3 atom stereocenters. The van der Waals surface area contributed by atoms with E-state index in [9.17, 15) is 19.7 Å². The van der Waals surface area contributed by atoms with E-state index in [2.05, 4.69) is 10.6 Å². The van der Waals surface area contributed by atoms with Crippen LogP contribution in [-0.2, 0) is 9.53 Å². The molecule has 27 heavy (non-hydrogen) atoms. The van der Waals surface area contributed by atoms with Crippen molar-refractivity contribution in [2.24, 2.45) is 5.92 Å². The molecule has 9 heteroatoms. The molecule has 1 fully saturated rings. The van der Waals surface area contributed by atoms with Crippen molar-refractivity contribution in [2.75, 3.05) is 6.61 Å². The van der Waals surface area contributed by atoms with Crippen molar-refractivity contribution in [3.8, 4) is 0 Å². The topological polar surface area (TPSA) is 111 Å². The number of carbonyl (C=O) groups excluding carboxylic acids is 2. The fourth-order valence-electron chi connectivity index (χ4n) is 2.96. The largest absolute Gasteiger partial charge is 0.376 e. The van der Waals surface area contributed by atoms with Crippen LogP contribution in [0.15, 0.2) is 18.2 Å². The number of benzene rings is 1. The maximum atomic E-state index is 12.6. The number of non-ortho nitro benzene ring substituents is 1. The zero-order valence-electron chi connectivity index (χ0n) is 15.5. The Morgan fingerprint density at radius 1 is 1.30 bits per heavy atom. The van der Waals surface area contributed by atoms with Crippen LogP contribution in [0.25, 0.3) is 0 Å². The number of hydrogen-bond acceptors (Lipinski definition) is 5. The second-order valence-corrected chi connectivity index (χ2v) is 7.37. The van der Waals surface area contributed by atoms with Crippen molar-refractivity contribution in [1.82, 2.24) is 10.6 Å². The van der Waals surface area contributed by atoms with Crippen molar-refractivity contribution in [3.05, 3.63) is 38.9 Å². The van der Waals surface area contributed by atoms with Crippen LogP contribution < -0.4 is 10.6 Å². The van der Waals surface area contributed by atoms with Crippen molar-refractivity contribution in [3.63, 3.8) is 0 Å². The lowest BCUT2D eigenvalue weighted by atomic mass is 10.0. The number of carbonyl (C=O) groups is 2. The zero-order chi connectivity index (χ0) is 20.1. The second kappa shape index (κ2) is 9.14. The summed E-state index contributed by atoms with van der Waals surface area (Å²) in [6.45, 7) is 6.20. The van der Waals surface area contributed by atoms with Crippen molar-refractivity contribution >= 4 is 29.1 Å². The van der Waals surface area contributed by atoms with E-state index in [0.29, 0.717) is 6.61 Å². The van der Waals surface area contributed by atoms with Gasteiger partial charge in [0.05, 0.1) is 27.7 Å². The summed E-state index contributed by atoms with van der Waals surface area (Å²) >= 11 is 6.00. The van der Waals surface area contributed by atoms with E-state index in [4.69, 9.17) is 16.3 Å². The highest BCUT2D eigenvalue weighted by Crippen LogP contribution is 2.23. The molecule has 2 amide bonds. The van der Waals surface area contributed by atoms with E-state index in [-0.39, 0.29) is 40.2 Å². The van der Waals surface area contributed by atoms with Crippen LogP contribution in [0.3, 0.4) is 0 Å². The molecule has 1 aromatic carbocycles. The Morgan fingerprint density at radius 3 is 2.52 bits per heavy atom. The van der Waals surface area contributed by atoms with E-state index >= 15 is 0 Å². The van der Waals surface area contributed by atoms with Gasteiger partial charge in [0.15, 0.2) is 0 Å². The summed E-state index contributed by atoms with van der Waals surface area (Å²) in [6.07, 6.45) is 1.83. The maximum Gasteiger partial charge on any atom is 0.270 e. The molecule has 0 saturated carbocycles. The number of amides is 2.